The van der Waals surface area contributed by atoms with E-state index in [9.17, 15) is 4.79 Å². The monoisotopic (exact) mass is 386 g/mol. The SMILES string of the molecule is C=C(C)N(CCC)CC/C=C/CCCCC1=CCC2C(CCC2NC(C)=O)C1. The molecule has 0 saturated heterocycles. The minimum absolute atomic E-state index is 0.131. The van der Waals surface area contributed by atoms with Crippen molar-refractivity contribution in [3.63, 3.8) is 0 Å². The van der Waals surface area contributed by atoms with Gasteiger partial charge in [-0.05, 0) is 83.0 Å². The molecule has 0 aromatic heterocycles. The van der Waals surface area contributed by atoms with Gasteiger partial charge in [-0.1, -0.05) is 37.3 Å². The Bertz CT molecular complexity index is 563. The van der Waals surface area contributed by atoms with Crippen molar-refractivity contribution in [1.82, 2.24) is 10.2 Å². The van der Waals surface area contributed by atoms with Crippen molar-refractivity contribution >= 4 is 5.91 Å². The first-order valence-electron chi connectivity index (χ1n) is 11.5. The standard InChI is InChI=1S/C25H42N2O/c1-5-17-27(20(2)3)18-11-9-7-6-8-10-12-22-13-15-24-23(19-22)14-16-25(24)26-21(4)28/h7,9,13,23-25H,2,5-6,8,10-12,14-19H2,1,3-4H3,(H,26,28)/b9-7+. The fourth-order valence-electron chi connectivity index (χ4n) is 4.97. The van der Waals surface area contributed by atoms with Crippen molar-refractivity contribution in [2.24, 2.45) is 11.8 Å². The van der Waals surface area contributed by atoms with Gasteiger partial charge in [-0.15, -0.1) is 0 Å². The molecule has 2 rings (SSSR count). The van der Waals surface area contributed by atoms with E-state index in [-0.39, 0.29) is 5.91 Å². The molecule has 0 bridgehead atoms. The zero-order valence-electron chi connectivity index (χ0n) is 18.5. The van der Waals surface area contributed by atoms with Crippen molar-refractivity contribution in [3.05, 3.63) is 36.1 Å². The fraction of sp³-hybridized carbons (Fsp3) is 0.720. The summed E-state index contributed by atoms with van der Waals surface area (Å²) in [7, 11) is 0. The average Bonchev–Trinajstić information content (AvgIpc) is 3.04. The van der Waals surface area contributed by atoms with Gasteiger partial charge in [-0.25, -0.2) is 0 Å². The molecule has 28 heavy (non-hydrogen) atoms. The molecule has 1 fully saturated rings. The highest BCUT2D eigenvalue weighted by Gasteiger charge is 2.37. The molecule has 1 saturated carbocycles. The normalized spacial score (nSPS) is 24.1. The van der Waals surface area contributed by atoms with Crippen LogP contribution in [0, 0.1) is 11.8 Å². The number of allylic oxidation sites excluding steroid dienone is 4. The average molecular weight is 387 g/mol. The summed E-state index contributed by atoms with van der Waals surface area (Å²) in [6, 6.07) is 0.420. The van der Waals surface area contributed by atoms with Crippen LogP contribution < -0.4 is 5.32 Å². The molecule has 0 spiro atoms. The molecule has 2 aliphatic rings. The molecule has 3 heteroatoms. The highest BCUT2D eigenvalue weighted by atomic mass is 16.1. The topological polar surface area (TPSA) is 32.3 Å². The summed E-state index contributed by atoms with van der Waals surface area (Å²) in [5, 5.41) is 3.17. The fourth-order valence-corrected chi connectivity index (χ4v) is 4.97. The van der Waals surface area contributed by atoms with Crippen LogP contribution in [0.5, 0.6) is 0 Å². The number of carbonyl (C=O) groups excluding carboxylic acids is 1. The summed E-state index contributed by atoms with van der Waals surface area (Å²) in [4.78, 5) is 13.7. The predicted molar refractivity (Wildman–Crippen MR) is 120 cm³/mol. The largest absolute Gasteiger partial charge is 0.375 e. The number of hydrogen-bond donors (Lipinski definition) is 1. The lowest BCUT2D eigenvalue weighted by atomic mass is 9.79. The van der Waals surface area contributed by atoms with Gasteiger partial charge in [0.05, 0.1) is 0 Å². The Hall–Kier alpha value is -1.51. The number of nitrogens with one attached hydrogen (secondary N) is 1. The Balaban J connectivity index is 1.58. The lowest BCUT2D eigenvalue weighted by molar-refractivity contribution is -0.119. The van der Waals surface area contributed by atoms with E-state index in [0.717, 1.165) is 25.4 Å². The van der Waals surface area contributed by atoms with E-state index in [1.54, 1.807) is 12.5 Å². The summed E-state index contributed by atoms with van der Waals surface area (Å²) >= 11 is 0. The first-order valence-corrected chi connectivity index (χ1v) is 11.5. The van der Waals surface area contributed by atoms with Gasteiger partial charge in [0.2, 0.25) is 5.91 Å². The second-order valence-electron chi connectivity index (χ2n) is 8.84. The molecule has 2 aliphatic carbocycles. The van der Waals surface area contributed by atoms with Crippen LogP contribution in [0.25, 0.3) is 0 Å². The van der Waals surface area contributed by atoms with Crippen molar-refractivity contribution < 1.29 is 4.79 Å². The maximum absolute atomic E-state index is 11.4. The lowest BCUT2D eigenvalue weighted by Gasteiger charge is -2.29. The molecule has 0 heterocycles. The van der Waals surface area contributed by atoms with Crippen molar-refractivity contribution in [2.45, 2.75) is 91.0 Å². The molecular formula is C25H42N2O. The second kappa shape index (κ2) is 12.1. The molecule has 1 amide bonds. The summed E-state index contributed by atoms with van der Waals surface area (Å²) in [6.07, 6.45) is 19.4. The number of amides is 1. The van der Waals surface area contributed by atoms with Crippen LogP contribution in [0.3, 0.4) is 0 Å². The van der Waals surface area contributed by atoms with Gasteiger partial charge < -0.3 is 10.2 Å². The number of fused-ring (bicyclic) bond motifs is 1. The molecule has 158 valence electrons. The molecular weight excluding hydrogens is 344 g/mol. The second-order valence-corrected chi connectivity index (χ2v) is 8.84. The van der Waals surface area contributed by atoms with Crippen molar-refractivity contribution in [3.8, 4) is 0 Å². The van der Waals surface area contributed by atoms with Gasteiger partial charge in [0, 0.05) is 31.8 Å². The van der Waals surface area contributed by atoms with Crippen molar-refractivity contribution in [2.75, 3.05) is 13.1 Å². The number of hydrogen-bond acceptors (Lipinski definition) is 2. The maximum Gasteiger partial charge on any atom is 0.217 e. The van der Waals surface area contributed by atoms with Gasteiger partial charge in [0.25, 0.3) is 0 Å². The molecule has 3 nitrogen and oxygen atoms in total. The van der Waals surface area contributed by atoms with Crippen LogP contribution in [-0.2, 0) is 4.79 Å². The van der Waals surface area contributed by atoms with Gasteiger partial charge in [0.1, 0.15) is 0 Å². The minimum atomic E-state index is 0.131. The van der Waals surface area contributed by atoms with E-state index in [2.05, 4.69) is 48.9 Å². The van der Waals surface area contributed by atoms with Gasteiger partial charge in [-0.3, -0.25) is 4.79 Å². The zero-order chi connectivity index (χ0) is 20.4. The smallest absolute Gasteiger partial charge is 0.217 e. The molecule has 0 radical (unpaired) electrons. The lowest BCUT2D eigenvalue weighted by Crippen LogP contribution is -2.37. The number of rotatable bonds is 12. The number of unbranched alkanes of at least 4 members (excludes halogenated alkanes) is 2. The van der Waals surface area contributed by atoms with E-state index in [0.29, 0.717) is 12.0 Å². The summed E-state index contributed by atoms with van der Waals surface area (Å²) < 4.78 is 0. The van der Waals surface area contributed by atoms with E-state index in [4.69, 9.17) is 0 Å². The summed E-state index contributed by atoms with van der Waals surface area (Å²) in [5.41, 5.74) is 2.86. The van der Waals surface area contributed by atoms with Crippen LogP contribution in [0.15, 0.2) is 36.1 Å². The first kappa shape index (κ1) is 22.8. The highest BCUT2D eigenvalue weighted by molar-refractivity contribution is 5.73. The third kappa shape index (κ3) is 7.48. The summed E-state index contributed by atoms with van der Waals surface area (Å²) in [5.74, 6) is 1.62. The number of nitrogens with zero attached hydrogens (tertiary/aromatic N) is 1. The molecule has 3 unspecified atom stereocenters. The van der Waals surface area contributed by atoms with Gasteiger partial charge in [0.15, 0.2) is 0 Å². The van der Waals surface area contributed by atoms with Gasteiger partial charge in [-0.2, -0.15) is 0 Å². The molecule has 1 N–H and O–H groups in total. The Morgan fingerprint density at radius 2 is 2.00 bits per heavy atom. The molecule has 3 atom stereocenters. The quantitative estimate of drug-likeness (QED) is 0.330. The van der Waals surface area contributed by atoms with Crippen LogP contribution in [-0.4, -0.2) is 29.9 Å². The van der Waals surface area contributed by atoms with Gasteiger partial charge >= 0.3 is 0 Å². The van der Waals surface area contributed by atoms with E-state index < -0.39 is 0 Å². The minimum Gasteiger partial charge on any atom is -0.375 e. The predicted octanol–water partition coefficient (Wildman–Crippen LogP) is 5.99. The Kier molecular flexibility index (Phi) is 9.87. The van der Waals surface area contributed by atoms with Crippen LogP contribution in [0.4, 0.5) is 0 Å². The van der Waals surface area contributed by atoms with E-state index in [1.165, 1.54) is 63.5 Å². The summed E-state index contributed by atoms with van der Waals surface area (Å²) in [6.45, 7) is 12.3. The third-order valence-electron chi connectivity index (χ3n) is 6.45. The van der Waals surface area contributed by atoms with Crippen LogP contribution in [0.1, 0.15) is 85.0 Å². The van der Waals surface area contributed by atoms with E-state index in [1.807, 2.05) is 0 Å². The Morgan fingerprint density at radius 1 is 1.21 bits per heavy atom. The molecule has 0 aliphatic heterocycles. The first-order chi connectivity index (χ1) is 13.5. The van der Waals surface area contributed by atoms with Crippen molar-refractivity contribution in [1.29, 1.82) is 0 Å². The maximum atomic E-state index is 11.4. The van der Waals surface area contributed by atoms with Crippen LogP contribution >= 0.6 is 0 Å². The third-order valence-corrected chi connectivity index (χ3v) is 6.45. The highest BCUT2D eigenvalue weighted by Crippen LogP contribution is 2.43. The zero-order valence-corrected chi connectivity index (χ0v) is 18.5. The molecule has 0 aromatic rings. The number of carbonyl (C=O) groups is 1. The van der Waals surface area contributed by atoms with Crippen LogP contribution in [0.2, 0.25) is 0 Å². The Morgan fingerprint density at radius 3 is 2.71 bits per heavy atom. The Labute approximate surface area is 173 Å². The van der Waals surface area contributed by atoms with E-state index >= 15 is 0 Å². The molecule has 0 aromatic carbocycles.